The predicted molar refractivity (Wildman–Crippen MR) is 375 cm³/mol. The average Bonchev–Trinajstić information content (AvgIpc) is 0.671. The van der Waals surface area contributed by atoms with Gasteiger partial charge in [-0.05, 0) is 289 Å². The number of hydrogen-bond acceptors (Lipinski definition) is 10. The predicted octanol–water partition coefficient (Wildman–Crippen LogP) is 23.2. The van der Waals surface area contributed by atoms with Gasteiger partial charge in [0.15, 0.2) is 22.4 Å². The van der Waals surface area contributed by atoms with Gasteiger partial charge in [0.1, 0.15) is 0 Å². The molecule has 0 amide bonds. The van der Waals surface area contributed by atoms with Crippen LogP contribution in [0.3, 0.4) is 0 Å². The highest BCUT2D eigenvalue weighted by Gasteiger charge is 2.90. The van der Waals surface area contributed by atoms with Crippen LogP contribution in [-0.4, -0.2) is 98.6 Å². The zero-order valence-electron chi connectivity index (χ0n) is 64.3. The molecule has 0 atom stereocenters. The molecule has 2 aromatic carbocycles. The van der Waals surface area contributed by atoms with Crippen LogP contribution >= 0.6 is 0 Å². The van der Waals surface area contributed by atoms with Crippen molar-refractivity contribution in [3.8, 4) is 0 Å². The Kier molecular flexibility index (Phi) is 20.5. The first-order valence-corrected chi connectivity index (χ1v) is 42.9. The molecule has 20 saturated carbocycles. The van der Waals surface area contributed by atoms with Crippen LogP contribution in [0.1, 0.15) is 284 Å². The normalized spacial score (nSPS) is 43.3. The fraction of sp³-hybridized carbons (Fsp3) is 0.829. The summed E-state index contributed by atoms with van der Waals surface area (Å²) in [7, 11) is -9.23. The molecule has 10 nitrogen and oxygen atoms in total. The Morgan fingerprint density at radius 1 is 0.318 bits per heavy atom. The van der Waals surface area contributed by atoms with E-state index in [9.17, 15) is 44.0 Å². The summed E-state index contributed by atoms with van der Waals surface area (Å²) in [6, 6.07) is 11.1. The van der Waals surface area contributed by atoms with Gasteiger partial charge in [0, 0.05) is 35.5 Å². The quantitative estimate of drug-likeness (QED) is 0.115. The minimum absolute atomic E-state index is 0.0158. The molecule has 110 heavy (non-hydrogen) atoms. The number of halogens is 16. The van der Waals surface area contributed by atoms with Crippen LogP contribution < -0.4 is 0 Å². The number of alkyl halides is 16. The van der Waals surface area contributed by atoms with Crippen LogP contribution in [0.25, 0.3) is 0 Å². The molecule has 0 unspecified atom stereocenters. The topological polar surface area (TPSA) is 139 Å². The largest absolute Gasteiger partial charge is 0.453 e. The van der Waals surface area contributed by atoms with Crippen LogP contribution in [0.2, 0.25) is 0 Å². The lowest BCUT2D eigenvalue weighted by molar-refractivity contribution is -0.408. The van der Waals surface area contributed by atoms with Crippen molar-refractivity contribution in [2.75, 3.05) is 0 Å². The van der Waals surface area contributed by atoms with E-state index in [4.69, 9.17) is 17.8 Å². The summed E-state index contributed by atoms with van der Waals surface area (Å²) in [4.78, 5) is 21.9. The Morgan fingerprint density at radius 2 is 0.555 bits per heavy atom. The second-order valence-electron chi connectivity index (χ2n) is 38.0. The fourth-order valence-corrected chi connectivity index (χ4v) is 27.7. The Labute approximate surface area is 636 Å². The number of rotatable bonds is 12. The highest BCUT2D eigenvalue weighted by Crippen LogP contribution is 2.81. The van der Waals surface area contributed by atoms with E-state index in [0.717, 1.165) is 89.2 Å². The summed E-state index contributed by atoms with van der Waals surface area (Å²) < 4.78 is 316. The first-order valence-electron chi connectivity index (χ1n) is 40.1. The molecule has 0 aromatic heterocycles. The standard InChI is InChI=1S/C24H30F4O3S.C22H28F4O3S.C19H26F4O2.C17H24F4O2/c1-17-3-5-18(6-4-17)32(29,30)31-22-15-13-21(14-16-22,23(25,26)24(22,27)28)20-10-7-19(2,8-11-20)9-12-20;1-15-3-7-17(8-4-15)19-11-13-20(14-12-19,22(25,26)21(19,23)24)29-30(27,28)18-9-5-16(2)6-10-18;1-13(24)25-17-11-9-16(10-12-17,18(20,21)19(17,22)23)15-6-3-14(2,4-7-15)5-8-15;1-11-3-5-13(6-4-11)14-7-9-15(10-8-14,23-12(2)22)17(20,21)16(14,18)19/h3-6H,7-16H2,1-2H3;5-6,9-10,15,17H,3-4,7-8,11-14H2,1-2H3;3-12H2,1-2H3;11,13H,3-10H2,1-2H3. The first kappa shape index (κ1) is 84.0. The SMILES string of the molecule is CC(=O)OC12CCC(C34CCC(C)(CC3)CC4)(CC1)C(F)(F)C2(F)F.CC(=O)OC12CCC(C3CCC(C)CC3)(CC1)C(F)(F)C2(F)F.Cc1ccc(S(=O)(=O)OC23CCC(C45CCC(C)(CC4)CC5)(CC2)C(F)(F)C3(F)F)cc1.Cc1ccc(S(=O)(=O)OC23CCC(C4CCC(C)CC4)(CC2)C(F)(F)C3(F)F)cc1. The minimum atomic E-state index is -4.62. The summed E-state index contributed by atoms with van der Waals surface area (Å²) in [6.07, 6.45) is 11.2. The molecule has 22 rings (SSSR count). The smallest absolute Gasteiger partial charge is 0.349 e. The maximum atomic E-state index is 15.9. The summed E-state index contributed by atoms with van der Waals surface area (Å²) >= 11 is 0. The maximum Gasteiger partial charge on any atom is 0.349 e. The number of ether oxygens (including phenoxy) is 2. The molecule has 0 radical (unpaired) electrons. The molecular formula is C82H108F16O10S2. The van der Waals surface area contributed by atoms with Crippen molar-refractivity contribution < 1.29 is 115 Å². The monoisotopic (exact) mass is 1620 g/mol. The van der Waals surface area contributed by atoms with Crippen LogP contribution in [0.4, 0.5) is 70.2 Å². The van der Waals surface area contributed by atoms with Crippen molar-refractivity contribution in [3.05, 3.63) is 59.7 Å². The van der Waals surface area contributed by atoms with Crippen molar-refractivity contribution >= 4 is 32.2 Å². The van der Waals surface area contributed by atoms with E-state index in [1.807, 2.05) is 0 Å². The van der Waals surface area contributed by atoms with E-state index in [-0.39, 0.29) is 129 Å². The molecule has 620 valence electrons. The third-order valence-corrected chi connectivity index (χ3v) is 35.5. The van der Waals surface area contributed by atoms with Gasteiger partial charge in [-0.3, -0.25) is 18.0 Å². The van der Waals surface area contributed by atoms with Crippen molar-refractivity contribution in [2.45, 2.75) is 366 Å². The van der Waals surface area contributed by atoms with Gasteiger partial charge in [-0.15, -0.1) is 0 Å². The minimum Gasteiger partial charge on any atom is -0.453 e. The highest BCUT2D eigenvalue weighted by atomic mass is 32.2. The van der Waals surface area contributed by atoms with Crippen LogP contribution in [0.5, 0.6) is 0 Å². The Balaban J connectivity index is 0.000000130. The average molecular weight is 1620 g/mol. The molecule has 2 aromatic rings. The van der Waals surface area contributed by atoms with E-state index in [2.05, 4.69) is 27.7 Å². The van der Waals surface area contributed by atoms with Crippen molar-refractivity contribution in [2.24, 2.45) is 67.0 Å². The lowest BCUT2D eigenvalue weighted by Crippen LogP contribution is -2.77. The molecular weight excluding hydrogens is 1510 g/mol. The number of esters is 2. The molecule has 0 saturated heterocycles. The second kappa shape index (κ2) is 26.8. The molecule has 20 aliphatic carbocycles. The summed E-state index contributed by atoms with van der Waals surface area (Å²) in [5.41, 5.74) is -16.6. The molecule has 28 heteroatoms. The fourth-order valence-electron chi connectivity index (χ4n) is 25.2. The van der Waals surface area contributed by atoms with Crippen LogP contribution in [-0.2, 0) is 47.7 Å². The third-order valence-electron chi connectivity index (χ3n) is 32.7. The van der Waals surface area contributed by atoms with Gasteiger partial charge in [-0.25, -0.2) is 0 Å². The van der Waals surface area contributed by atoms with Crippen molar-refractivity contribution in [1.29, 1.82) is 0 Å². The number of aryl methyl sites for hydroxylation is 2. The van der Waals surface area contributed by atoms with Gasteiger partial charge in [0.05, 0.1) is 9.79 Å². The summed E-state index contributed by atoms with van der Waals surface area (Å²) in [5, 5.41) is 0. The molecule has 20 aliphatic rings. The molecule has 20 fully saturated rings. The van der Waals surface area contributed by atoms with Gasteiger partial charge >= 0.3 is 59.3 Å². The van der Waals surface area contributed by atoms with E-state index in [1.165, 1.54) is 48.5 Å². The van der Waals surface area contributed by atoms with Gasteiger partial charge in [-0.2, -0.15) is 87.1 Å². The number of benzene rings is 2. The lowest BCUT2D eigenvalue weighted by atomic mass is 9.38. The zero-order chi connectivity index (χ0) is 80.7. The van der Waals surface area contributed by atoms with E-state index >= 15 is 52.7 Å². The molecule has 12 bridgehead atoms. The summed E-state index contributed by atoms with van der Waals surface area (Å²) in [5.74, 6) is -36.4. The highest BCUT2D eigenvalue weighted by molar-refractivity contribution is 7.87. The van der Waals surface area contributed by atoms with E-state index in [0.29, 0.717) is 76.0 Å². The molecule has 0 aliphatic heterocycles. The maximum absolute atomic E-state index is 15.9. The summed E-state index contributed by atoms with van der Waals surface area (Å²) in [6.45, 7) is 14.0. The Bertz CT molecular complexity index is 3970. The lowest BCUT2D eigenvalue weighted by Gasteiger charge is -2.69. The number of carbonyl (C=O) groups excluding carboxylic acids is 2. The molecule has 0 spiro atoms. The number of carbonyl (C=O) groups is 2. The van der Waals surface area contributed by atoms with E-state index < -0.39 is 140 Å². The Morgan fingerprint density at radius 3 is 0.836 bits per heavy atom. The third kappa shape index (κ3) is 11.8. The van der Waals surface area contributed by atoms with Gasteiger partial charge in [-0.1, -0.05) is 88.8 Å². The van der Waals surface area contributed by atoms with Crippen molar-refractivity contribution in [1.82, 2.24) is 0 Å². The van der Waals surface area contributed by atoms with Gasteiger partial charge in [0.2, 0.25) is 0 Å². The second-order valence-corrected chi connectivity index (χ2v) is 41.1. The Hall–Kier alpha value is -3.92. The van der Waals surface area contributed by atoms with Crippen molar-refractivity contribution in [3.63, 3.8) is 0 Å². The van der Waals surface area contributed by atoms with Crippen LogP contribution in [0, 0.1) is 80.8 Å². The van der Waals surface area contributed by atoms with Crippen LogP contribution in [0.15, 0.2) is 58.3 Å². The molecule has 0 N–H and O–H groups in total. The zero-order valence-corrected chi connectivity index (χ0v) is 66.0. The van der Waals surface area contributed by atoms with Gasteiger partial charge in [0.25, 0.3) is 20.2 Å². The van der Waals surface area contributed by atoms with E-state index in [1.54, 1.807) is 13.8 Å². The number of fused-ring (bicyclic) bond motifs is 18. The number of hydrogen-bond donors (Lipinski definition) is 0. The molecule has 0 heterocycles. The van der Waals surface area contributed by atoms with Gasteiger partial charge < -0.3 is 9.47 Å². The first-order chi connectivity index (χ1) is 50.6.